The minimum absolute atomic E-state index is 0.551. The Labute approximate surface area is 104 Å². The maximum Gasteiger partial charge on any atom is 0.0556 e. The van der Waals surface area contributed by atoms with Crippen LogP contribution in [-0.2, 0) is 0 Å². The van der Waals surface area contributed by atoms with E-state index in [0.29, 0.717) is 12.0 Å². The van der Waals surface area contributed by atoms with E-state index in [2.05, 4.69) is 48.8 Å². The summed E-state index contributed by atoms with van der Waals surface area (Å²) in [5.41, 5.74) is 2.61. The summed E-state index contributed by atoms with van der Waals surface area (Å²) >= 11 is 0. The molecule has 0 spiro atoms. The summed E-state index contributed by atoms with van der Waals surface area (Å²) < 4.78 is 0. The number of aromatic nitrogens is 1. The molecule has 94 valence electrons. The van der Waals surface area contributed by atoms with E-state index in [1.165, 1.54) is 17.7 Å². The lowest BCUT2D eigenvalue weighted by molar-refractivity contribution is 0.315. The van der Waals surface area contributed by atoms with Gasteiger partial charge in [-0.05, 0) is 38.1 Å². The quantitative estimate of drug-likeness (QED) is 0.799. The summed E-state index contributed by atoms with van der Waals surface area (Å²) in [6.07, 6.45) is 5.22. The molecular weight excluding hydrogens is 210 g/mol. The van der Waals surface area contributed by atoms with Crippen LogP contribution in [0.5, 0.6) is 0 Å². The summed E-state index contributed by atoms with van der Waals surface area (Å²) in [7, 11) is 4.33. The minimum atomic E-state index is 0.551. The number of rotatable bonds is 3. The number of nitrogens with zero attached hydrogens (tertiary/aromatic N) is 3. The van der Waals surface area contributed by atoms with Crippen LogP contribution in [0.4, 0.5) is 5.69 Å². The highest BCUT2D eigenvalue weighted by Crippen LogP contribution is 2.24. The van der Waals surface area contributed by atoms with E-state index >= 15 is 0 Å². The molecule has 0 amide bonds. The summed E-state index contributed by atoms with van der Waals surface area (Å²) in [4.78, 5) is 9.13. The van der Waals surface area contributed by atoms with E-state index in [9.17, 15) is 0 Å². The average molecular weight is 233 g/mol. The number of hydrogen-bond acceptors (Lipinski definition) is 3. The van der Waals surface area contributed by atoms with E-state index in [1.807, 2.05) is 12.4 Å². The number of hydrogen-bond donors (Lipinski definition) is 0. The van der Waals surface area contributed by atoms with Crippen molar-refractivity contribution in [3.63, 3.8) is 0 Å². The zero-order chi connectivity index (χ0) is 12.4. The van der Waals surface area contributed by atoms with Gasteiger partial charge in [0.25, 0.3) is 0 Å². The molecule has 0 saturated carbocycles. The molecule has 2 heterocycles. The molecule has 1 aliphatic heterocycles. The van der Waals surface area contributed by atoms with Gasteiger partial charge in [0, 0.05) is 25.3 Å². The Balaban J connectivity index is 2.11. The molecule has 1 atom stereocenters. The highest BCUT2D eigenvalue weighted by atomic mass is 15.2. The monoisotopic (exact) mass is 233 g/mol. The van der Waals surface area contributed by atoms with Gasteiger partial charge < -0.3 is 9.80 Å². The van der Waals surface area contributed by atoms with E-state index < -0.39 is 0 Å². The van der Waals surface area contributed by atoms with Crippen molar-refractivity contribution in [1.82, 2.24) is 9.88 Å². The Morgan fingerprint density at radius 2 is 2.12 bits per heavy atom. The molecule has 0 aliphatic carbocycles. The fraction of sp³-hybridized carbons (Fsp3) is 0.643. The second-order valence-corrected chi connectivity index (χ2v) is 5.48. The van der Waals surface area contributed by atoms with Crippen molar-refractivity contribution in [3.05, 3.63) is 24.0 Å². The van der Waals surface area contributed by atoms with Crippen molar-refractivity contribution in [2.24, 2.45) is 0 Å². The van der Waals surface area contributed by atoms with Crippen LogP contribution in [0, 0.1) is 0 Å². The van der Waals surface area contributed by atoms with Gasteiger partial charge in [-0.1, -0.05) is 13.8 Å². The standard InChI is InChI=1S/C14H23N3/c1-11(2)12-7-14(9-15-8-12)17-6-5-13(10-17)16(3)4/h7-9,11,13H,5-6,10H2,1-4H3/t13-/m0/s1. The molecule has 1 aromatic heterocycles. The van der Waals surface area contributed by atoms with Crippen molar-refractivity contribution in [3.8, 4) is 0 Å². The number of pyridine rings is 1. The number of likely N-dealkylation sites (N-methyl/N-ethyl adjacent to an activating group) is 1. The van der Waals surface area contributed by atoms with Crippen molar-refractivity contribution in [2.75, 3.05) is 32.1 Å². The fourth-order valence-corrected chi connectivity index (χ4v) is 2.33. The van der Waals surface area contributed by atoms with Crippen LogP contribution in [0.3, 0.4) is 0 Å². The fourth-order valence-electron chi connectivity index (χ4n) is 2.33. The van der Waals surface area contributed by atoms with E-state index in [-0.39, 0.29) is 0 Å². The van der Waals surface area contributed by atoms with Crippen molar-refractivity contribution in [2.45, 2.75) is 32.2 Å². The molecule has 0 aromatic carbocycles. The summed E-state index contributed by atoms with van der Waals surface area (Å²) in [6.45, 7) is 6.70. The lowest BCUT2D eigenvalue weighted by atomic mass is 10.1. The van der Waals surface area contributed by atoms with Gasteiger partial charge in [0.15, 0.2) is 0 Å². The van der Waals surface area contributed by atoms with Crippen LogP contribution in [-0.4, -0.2) is 43.1 Å². The van der Waals surface area contributed by atoms with Gasteiger partial charge in [0.05, 0.1) is 11.9 Å². The Morgan fingerprint density at radius 1 is 1.35 bits per heavy atom. The molecule has 17 heavy (non-hydrogen) atoms. The van der Waals surface area contributed by atoms with E-state index in [4.69, 9.17) is 0 Å². The van der Waals surface area contributed by atoms with Gasteiger partial charge in [-0.2, -0.15) is 0 Å². The van der Waals surface area contributed by atoms with Crippen LogP contribution in [0.25, 0.3) is 0 Å². The molecule has 0 radical (unpaired) electrons. The highest BCUT2D eigenvalue weighted by molar-refractivity contribution is 5.48. The van der Waals surface area contributed by atoms with Crippen LogP contribution in [0.15, 0.2) is 18.5 Å². The van der Waals surface area contributed by atoms with E-state index in [1.54, 1.807) is 0 Å². The van der Waals surface area contributed by atoms with Gasteiger partial charge in [0.2, 0.25) is 0 Å². The SMILES string of the molecule is CC(C)c1cncc(N2CC[C@H](N(C)C)C2)c1. The molecule has 1 aromatic rings. The second-order valence-electron chi connectivity index (χ2n) is 5.48. The maximum atomic E-state index is 4.37. The van der Waals surface area contributed by atoms with Crippen molar-refractivity contribution >= 4 is 5.69 Å². The van der Waals surface area contributed by atoms with Crippen LogP contribution in [0.1, 0.15) is 31.7 Å². The first kappa shape index (κ1) is 12.4. The maximum absolute atomic E-state index is 4.37. The van der Waals surface area contributed by atoms with Gasteiger partial charge in [-0.15, -0.1) is 0 Å². The molecule has 0 N–H and O–H groups in total. The molecule has 3 nitrogen and oxygen atoms in total. The smallest absolute Gasteiger partial charge is 0.0556 e. The minimum Gasteiger partial charge on any atom is -0.369 e. The van der Waals surface area contributed by atoms with Gasteiger partial charge >= 0.3 is 0 Å². The zero-order valence-corrected chi connectivity index (χ0v) is 11.3. The van der Waals surface area contributed by atoms with Gasteiger partial charge in [-0.3, -0.25) is 4.98 Å². The molecule has 2 rings (SSSR count). The average Bonchev–Trinajstić information content (AvgIpc) is 2.78. The summed E-state index contributed by atoms with van der Waals surface area (Å²) in [6, 6.07) is 2.97. The molecule has 0 unspecified atom stereocenters. The molecule has 1 aliphatic rings. The van der Waals surface area contributed by atoms with E-state index in [0.717, 1.165) is 13.1 Å². The highest BCUT2D eigenvalue weighted by Gasteiger charge is 2.24. The summed E-state index contributed by atoms with van der Waals surface area (Å²) in [5, 5.41) is 0. The Kier molecular flexibility index (Phi) is 3.67. The lowest BCUT2D eigenvalue weighted by Crippen LogP contribution is -2.31. The van der Waals surface area contributed by atoms with Gasteiger partial charge in [0.1, 0.15) is 0 Å². The topological polar surface area (TPSA) is 19.4 Å². The Hall–Kier alpha value is -1.09. The lowest BCUT2D eigenvalue weighted by Gasteiger charge is -2.22. The second kappa shape index (κ2) is 5.05. The van der Waals surface area contributed by atoms with Gasteiger partial charge in [-0.25, -0.2) is 0 Å². The molecular formula is C14H23N3. The largest absolute Gasteiger partial charge is 0.369 e. The predicted octanol–water partition coefficient (Wildman–Crippen LogP) is 2.35. The Morgan fingerprint density at radius 3 is 2.71 bits per heavy atom. The third-order valence-corrected chi connectivity index (χ3v) is 3.67. The third-order valence-electron chi connectivity index (χ3n) is 3.67. The first-order chi connectivity index (χ1) is 8.08. The number of anilines is 1. The van der Waals surface area contributed by atoms with Crippen LogP contribution >= 0.6 is 0 Å². The third kappa shape index (κ3) is 2.78. The molecule has 1 fully saturated rings. The zero-order valence-electron chi connectivity index (χ0n) is 11.3. The normalized spacial score (nSPS) is 20.6. The van der Waals surface area contributed by atoms with Crippen LogP contribution < -0.4 is 4.90 Å². The van der Waals surface area contributed by atoms with Crippen molar-refractivity contribution in [1.29, 1.82) is 0 Å². The summed E-state index contributed by atoms with van der Waals surface area (Å²) in [5.74, 6) is 0.551. The van der Waals surface area contributed by atoms with Crippen LogP contribution in [0.2, 0.25) is 0 Å². The Bertz CT molecular complexity index is 373. The molecule has 1 saturated heterocycles. The predicted molar refractivity (Wildman–Crippen MR) is 72.6 cm³/mol. The molecule has 3 heteroatoms. The first-order valence-corrected chi connectivity index (χ1v) is 6.44. The van der Waals surface area contributed by atoms with Crippen molar-refractivity contribution < 1.29 is 0 Å². The first-order valence-electron chi connectivity index (χ1n) is 6.44. The molecule has 0 bridgehead atoms.